The number of ether oxygens (including phenoxy) is 1. The molecule has 0 aromatic rings. The van der Waals surface area contributed by atoms with Crippen molar-refractivity contribution in [2.45, 2.75) is 148 Å². The standard InChI is InChI=1S/C29H60NO5P/c1-5-6-7-8-9-10-11-12-13-14-15-16-17-18-19-20-21-24-29(35-28(2)31)27-34-36(32)33-26-23-22-25-30(3)4/h29,32H,5-27H2,1-4H3. The van der Waals surface area contributed by atoms with Gasteiger partial charge in [0.2, 0.25) is 0 Å². The van der Waals surface area contributed by atoms with Gasteiger partial charge in [0.15, 0.2) is 0 Å². The summed E-state index contributed by atoms with van der Waals surface area (Å²) in [6.07, 6.45) is 25.2. The quantitative estimate of drug-likeness (QED) is 0.0617. The number of hydrogen-bond donors (Lipinski definition) is 1. The molecule has 0 aliphatic carbocycles. The van der Waals surface area contributed by atoms with Crippen molar-refractivity contribution in [3.8, 4) is 0 Å². The van der Waals surface area contributed by atoms with E-state index in [0.717, 1.165) is 38.6 Å². The second kappa shape index (κ2) is 27.8. The lowest BCUT2D eigenvalue weighted by Crippen LogP contribution is -2.21. The summed E-state index contributed by atoms with van der Waals surface area (Å²) in [5, 5.41) is 0. The lowest BCUT2D eigenvalue weighted by atomic mass is 10.0. The maximum atomic E-state index is 11.4. The van der Waals surface area contributed by atoms with Gasteiger partial charge in [0, 0.05) is 6.92 Å². The first-order chi connectivity index (χ1) is 17.5. The van der Waals surface area contributed by atoms with Crippen molar-refractivity contribution in [2.75, 3.05) is 33.9 Å². The number of carbonyl (C=O) groups is 1. The average Bonchev–Trinajstić information content (AvgIpc) is 2.83. The molecule has 0 saturated heterocycles. The van der Waals surface area contributed by atoms with Gasteiger partial charge < -0.3 is 23.6 Å². The van der Waals surface area contributed by atoms with E-state index >= 15 is 0 Å². The van der Waals surface area contributed by atoms with Gasteiger partial charge in [-0.05, 0) is 46.3 Å². The molecule has 0 spiro atoms. The van der Waals surface area contributed by atoms with Crippen LogP contribution in [0.5, 0.6) is 0 Å². The summed E-state index contributed by atoms with van der Waals surface area (Å²) in [5.74, 6) is -0.303. The largest absolute Gasteiger partial charge is 0.460 e. The lowest BCUT2D eigenvalue weighted by Gasteiger charge is -2.18. The Hall–Kier alpha value is -0.260. The molecule has 0 aliphatic heterocycles. The van der Waals surface area contributed by atoms with Crippen LogP contribution in [-0.2, 0) is 18.6 Å². The average molecular weight is 534 g/mol. The lowest BCUT2D eigenvalue weighted by molar-refractivity contribution is -0.148. The number of esters is 1. The number of rotatable bonds is 28. The van der Waals surface area contributed by atoms with Gasteiger partial charge in [0.25, 0.3) is 0 Å². The third-order valence-electron chi connectivity index (χ3n) is 6.53. The van der Waals surface area contributed by atoms with Crippen LogP contribution in [0.15, 0.2) is 0 Å². The molecule has 7 heteroatoms. The normalized spacial score (nSPS) is 13.3. The zero-order valence-corrected chi connectivity index (χ0v) is 25.2. The topological polar surface area (TPSA) is 68.2 Å². The minimum absolute atomic E-state index is 0.193. The Balaban J connectivity index is 3.59. The van der Waals surface area contributed by atoms with Gasteiger partial charge >= 0.3 is 14.6 Å². The van der Waals surface area contributed by atoms with Gasteiger partial charge in [-0.2, -0.15) is 0 Å². The van der Waals surface area contributed by atoms with Crippen LogP contribution in [0.3, 0.4) is 0 Å². The number of nitrogens with zero attached hydrogens (tertiary/aromatic N) is 1. The van der Waals surface area contributed by atoms with Gasteiger partial charge in [-0.3, -0.25) is 4.79 Å². The zero-order valence-electron chi connectivity index (χ0n) is 24.3. The summed E-state index contributed by atoms with van der Waals surface area (Å²) in [4.78, 5) is 23.5. The Kier molecular flexibility index (Phi) is 27.6. The SMILES string of the molecule is CCCCCCCCCCCCCCCCCCCC(COP(O)OCCCCN(C)C)OC(C)=O. The second-order valence-corrected chi connectivity index (χ2v) is 11.5. The summed E-state index contributed by atoms with van der Waals surface area (Å²) in [6.45, 7) is 5.37. The van der Waals surface area contributed by atoms with Crippen LogP contribution in [0, 0.1) is 0 Å². The van der Waals surface area contributed by atoms with E-state index in [1.807, 2.05) is 14.1 Å². The molecule has 0 aromatic heterocycles. The van der Waals surface area contributed by atoms with E-state index in [-0.39, 0.29) is 18.7 Å². The van der Waals surface area contributed by atoms with Crippen molar-refractivity contribution < 1.29 is 23.5 Å². The van der Waals surface area contributed by atoms with Crippen molar-refractivity contribution in [2.24, 2.45) is 0 Å². The van der Waals surface area contributed by atoms with Crippen LogP contribution < -0.4 is 0 Å². The van der Waals surface area contributed by atoms with E-state index in [4.69, 9.17) is 13.8 Å². The summed E-state index contributed by atoms with van der Waals surface area (Å²) < 4.78 is 16.2. The Morgan fingerprint density at radius 2 is 1.19 bits per heavy atom. The van der Waals surface area contributed by atoms with Crippen molar-refractivity contribution in [1.29, 1.82) is 0 Å². The molecule has 0 amide bonds. The van der Waals surface area contributed by atoms with Crippen LogP contribution in [0.4, 0.5) is 0 Å². The van der Waals surface area contributed by atoms with Gasteiger partial charge in [-0.1, -0.05) is 110 Å². The van der Waals surface area contributed by atoms with Gasteiger partial charge in [-0.15, -0.1) is 0 Å². The minimum atomic E-state index is -1.91. The van der Waals surface area contributed by atoms with Crippen LogP contribution in [0.2, 0.25) is 0 Å². The molecule has 0 rings (SSSR count). The van der Waals surface area contributed by atoms with Crippen molar-refractivity contribution in [3.05, 3.63) is 0 Å². The fraction of sp³-hybridized carbons (Fsp3) is 0.966. The highest BCUT2D eigenvalue weighted by Crippen LogP contribution is 2.33. The van der Waals surface area contributed by atoms with Gasteiger partial charge in [0.05, 0.1) is 13.2 Å². The van der Waals surface area contributed by atoms with Gasteiger partial charge in [-0.25, -0.2) is 0 Å². The Bertz CT molecular complexity index is 467. The van der Waals surface area contributed by atoms with Crippen LogP contribution in [-0.4, -0.2) is 55.7 Å². The first kappa shape index (κ1) is 35.7. The van der Waals surface area contributed by atoms with Crippen LogP contribution in [0.1, 0.15) is 142 Å². The zero-order chi connectivity index (χ0) is 26.7. The molecule has 0 bridgehead atoms. The van der Waals surface area contributed by atoms with E-state index in [2.05, 4.69) is 11.8 Å². The number of hydrogen-bond acceptors (Lipinski definition) is 6. The summed E-state index contributed by atoms with van der Waals surface area (Å²) in [7, 11) is 2.16. The van der Waals surface area contributed by atoms with E-state index < -0.39 is 8.60 Å². The molecule has 0 heterocycles. The molecule has 0 saturated carbocycles. The Morgan fingerprint density at radius 1 is 0.722 bits per heavy atom. The second-order valence-electron chi connectivity index (χ2n) is 10.6. The predicted molar refractivity (Wildman–Crippen MR) is 153 cm³/mol. The molecular formula is C29H60NO5P. The fourth-order valence-corrected chi connectivity index (χ4v) is 5.02. The first-order valence-electron chi connectivity index (χ1n) is 15.0. The third kappa shape index (κ3) is 28.3. The predicted octanol–water partition coefficient (Wildman–Crippen LogP) is 8.55. The molecule has 2 unspecified atom stereocenters. The molecule has 0 fully saturated rings. The number of carbonyl (C=O) groups excluding carboxylic acids is 1. The van der Waals surface area contributed by atoms with E-state index in [1.54, 1.807) is 0 Å². The molecule has 0 radical (unpaired) electrons. The molecule has 6 nitrogen and oxygen atoms in total. The highest BCUT2D eigenvalue weighted by atomic mass is 31.2. The highest BCUT2D eigenvalue weighted by Gasteiger charge is 2.16. The monoisotopic (exact) mass is 533 g/mol. The maximum absolute atomic E-state index is 11.4. The maximum Gasteiger partial charge on any atom is 0.329 e. The Morgan fingerprint density at radius 3 is 1.64 bits per heavy atom. The molecule has 0 aliphatic rings. The number of unbranched alkanes of at least 4 members (excludes halogenated alkanes) is 17. The highest BCUT2D eigenvalue weighted by molar-refractivity contribution is 7.40. The molecule has 0 aromatic carbocycles. The van der Waals surface area contributed by atoms with E-state index in [0.29, 0.717) is 6.61 Å². The summed E-state index contributed by atoms with van der Waals surface area (Å²) >= 11 is 0. The molecule has 1 N–H and O–H groups in total. The Labute approximate surface area is 225 Å². The van der Waals surface area contributed by atoms with E-state index in [9.17, 15) is 9.69 Å². The first-order valence-corrected chi connectivity index (χ1v) is 16.2. The van der Waals surface area contributed by atoms with Crippen molar-refractivity contribution in [3.63, 3.8) is 0 Å². The molecule has 36 heavy (non-hydrogen) atoms. The van der Waals surface area contributed by atoms with E-state index in [1.165, 1.54) is 103 Å². The molecule has 2 atom stereocenters. The van der Waals surface area contributed by atoms with Gasteiger partial charge in [0.1, 0.15) is 6.10 Å². The minimum Gasteiger partial charge on any atom is -0.460 e. The van der Waals surface area contributed by atoms with Crippen LogP contribution in [0.25, 0.3) is 0 Å². The fourth-order valence-electron chi connectivity index (χ4n) is 4.36. The van der Waals surface area contributed by atoms with Crippen molar-refractivity contribution in [1.82, 2.24) is 4.90 Å². The summed E-state index contributed by atoms with van der Waals surface area (Å²) in [5.41, 5.74) is 0. The third-order valence-corrected chi connectivity index (χ3v) is 7.31. The molecule has 216 valence electrons. The summed E-state index contributed by atoms with van der Waals surface area (Å²) in [6, 6.07) is 0. The van der Waals surface area contributed by atoms with Crippen LogP contribution >= 0.6 is 8.60 Å². The van der Waals surface area contributed by atoms with Crippen molar-refractivity contribution >= 4 is 14.6 Å². The smallest absolute Gasteiger partial charge is 0.329 e. The molecular weight excluding hydrogens is 473 g/mol.